The number of esters is 1. The summed E-state index contributed by atoms with van der Waals surface area (Å²) < 4.78 is 10.7. The van der Waals surface area contributed by atoms with E-state index in [9.17, 15) is 14.7 Å². The minimum atomic E-state index is -0.906. The normalized spacial score (nSPS) is 11.6. The molecule has 0 saturated heterocycles. The summed E-state index contributed by atoms with van der Waals surface area (Å²) in [6.07, 6.45) is 2.02. The van der Waals surface area contributed by atoms with E-state index in [1.165, 1.54) is 12.1 Å². The second-order valence-electron chi connectivity index (χ2n) is 6.90. The summed E-state index contributed by atoms with van der Waals surface area (Å²) in [4.78, 5) is 25.1. The van der Waals surface area contributed by atoms with Gasteiger partial charge in [-0.15, -0.1) is 0 Å². The fourth-order valence-corrected chi connectivity index (χ4v) is 3.17. The molecule has 0 spiro atoms. The van der Waals surface area contributed by atoms with Crippen molar-refractivity contribution in [3.05, 3.63) is 58.6 Å². The lowest BCUT2D eigenvalue weighted by Gasteiger charge is -2.18. The summed E-state index contributed by atoms with van der Waals surface area (Å²) >= 11 is 6.20. The zero-order chi connectivity index (χ0) is 22.6. The van der Waals surface area contributed by atoms with Crippen molar-refractivity contribution in [1.82, 2.24) is 10.6 Å². The zero-order valence-corrected chi connectivity index (χ0v) is 18.6. The molecule has 0 aliphatic carbocycles. The summed E-state index contributed by atoms with van der Waals surface area (Å²) in [7, 11) is 1.88. The number of phenolic OH excluding ortho intramolecular Hbond substituents is 1. The molecule has 8 heteroatoms. The van der Waals surface area contributed by atoms with Gasteiger partial charge in [0.2, 0.25) is 0 Å². The largest absolute Gasteiger partial charge is 0.505 e. The first-order valence-electron chi connectivity index (χ1n) is 10.3. The number of halogens is 1. The molecule has 2 rings (SSSR count). The quantitative estimate of drug-likeness (QED) is 0.340. The van der Waals surface area contributed by atoms with Crippen LogP contribution in [-0.2, 0) is 16.0 Å². The highest BCUT2D eigenvalue weighted by molar-refractivity contribution is 6.34. The van der Waals surface area contributed by atoms with Crippen LogP contribution in [0.5, 0.6) is 11.5 Å². The number of aromatic hydroxyl groups is 1. The third kappa shape index (κ3) is 7.45. The van der Waals surface area contributed by atoms with Crippen molar-refractivity contribution >= 4 is 23.5 Å². The van der Waals surface area contributed by atoms with Gasteiger partial charge in [0.05, 0.1) is 18.8 Å². The van der Waals surface area contributed by atoms with E-state index < -0.39 is 23.7 Å². The first-order chi connectivity index (χ1) is 15.0. The number of benzene rings is 2. The molecule has 0 fully saturated rings. The maximum Gasteiger partial charge on any atom is 0.328 e. The van der Waals surface area contributed by atoms with E-state index in [1.54, 1.807) is 6.92 Å². The van der Waals surface area contributed by atoms with Crippen LogP contribution in [0.1, 0.15) is 35.7 Å². The first-order valence-corrected chi connectivity index (χ1v) is 10.7. The lowest BCUT2D eigenvalue weighted by atomic mass is 10.1. The predicted molar refractivity (Wildman–Crippen MR) is 120 cm³/mol. The Balaban J connectivity index is 2.10. The van der Waals surface area contributed by atoms with Crippen molar-refractivity contribution in [1.29, 1.82) is 0 Å². The van der Waals surface area contributed by atoms with E-state index in [0.717, 1.165) is 24.9 Å². The van der Waals surface area contributed by atoms with Gasteiger partial charge >= 0.3 is 5.97 Å². The van der Waals surface area contributed by atoms with Crippen LogP contribution < -0.4 is 15.4 Å². The average Bonchev–Trinajstić information content (AvgIpc) is 2.76. The van der Waals surface area contributed by atoms with Crippen molar-refractivity contribution in [3.63, 3.8) is 0 Å². The minimum absolute atomic E-state index is 0.0444. The van der Waals surface area contributed by atoms with Gasteiger partial charge in [0.15, 0.2) is 5.75 Å². The Morgan fingerprint density at radius 1 is 1.13 bits per heavy atom. The molecule has 168 valence electrons. The highest BCUT2D eigenvalue weighted by Crippen LogP contribution is 2.36. The maximum atomic E-state index is 12.8. The van der Waals surface area contributed by atoms with Gasteiger partial charge in [0.25, 0.3) is 5.91 Å². The van der Waals surface area contributed by atoms with E-state index in [4.69, 9.17) is 21.1 Å². The monoisotopic (exact) mass is 448 g/mol. The number of phenols is 1. The second kappa shape index (κ2) is 12.8. The fourth-order valence-electron chi connectivity index (χ4n) is 2.95. The smallest absolute Gasteiger partial charge is 0.328 e. The van der Waals surface area contributed by atoms with Crippen LogP contribution in [0.2, 0.25) is 5.02 Å². The molecular weight excluding hydrogens is 420 g/mol. The van der Waals surface area contributed by atoms with E-state index in [2.05, 4.69) is 10.6 Å². The molecule has 3 N–H and O–H groups in total. The van der Waals surface area contributed by atoms with Crippen molar-refractivity contribution < 1.29 is 24.2 Å². The third-order valence-corrected chi connectivity index (χ3v) is 4.93. The van der Waals surface area contributed by atoms with Crippen molar-refractivity contribution in [3.8, 4) is 11.5 Å². The molecule has 0 heterocycles. The van der Waals surface area contributed by atoms with Crippen molar-refractivity contribution in [2.75, 3.05) is 26.8 Å². The van der Waals surface area contributed by atoms with Crippen molar-refractivity contribution in [2.45, 2.75) is 32.2 Å². The molecule has 2 aromatic carbocycles. The van der Waals surface area contributed by atoms with Gasteiger partial charge in [0.1, 0.15) is 16.8 Å². The highest BCUT2D eigenvalue weighted by Gasteiger charge is 2.25. The summed E-state index contributed by atoms with van der Waals surface area (Å²) in [5.74, 6) is -1.28. The van der Waals surface area contributed by atoms with Crippen LogP contribution in [0.3, 0.4) is 0 Å². The molecule has 0 radical (unpaired) electrons. The molecule has 0 aliphatic rings. The summed E-state index contributed by atoms with van der Waals surface area (Å²) in [5.41, 5.74) is 0.819. The molecular formula is C23H29ClN2O5. The molecule has 31 heavy (non-hydrogen) atoms. The van der Waals surface area contributed by atoms with E-state index in [0.29, 0.717) is 12.4 Å². The zero-order valence-electron chi connectivity index (χ0n) is 17.8. The number of rotatable bonds is 12. The van der Waals surface area contributed by atoms with Gasteiger partial charge in [-0.05, 0) is 51.1 Å². The number of hydrogen-bond donors (Lipinski definition) is 3. The van der Waals surface area contributed by atoms with Crippen LogP contribution in [0.25, 0.3) is 0 Å². The van der Waals surface area contributed by atoms with Gasteiger partial charge < -0.3 is 25.2 Å². The molecule has 1 atom stereocenters. The van der Waals surface area contributed by atoms with E-state index >= 15 is 0 Å². The molecule has 2 aromatic rings. The SMILES string of the molecule is CCOC(=O)[C@@H](Cc1ccccc1)NC(=O)c1ccc(OCCCCNC)c(Cl)c1O. The van der Waals surface area contributed by atoms with Gasteiger partial charge in [0, 0.05) is 6.42 Å². The predicted octanol–water partition coefficient (Wildman–Crippen LogP) is 3.33. The maximum absolute atomic E-state index is 12.8. The topological polar surface area (TPSA) is 96.9 Å². The van der Waals surface area contributed by atoms with Crippen LogP contribution in [-0.4, -0.2) is 49.8 Å². The number of nitrogens with one attached hydrogen (secondary N) is 2. The third-order valence-electron chi connectivity index (χ3n) is 4.56. The molecule has 0 aliphatic heterocycles. The van der Waals surface area contributed by atoms with Crippen molar-refractivity contribution in [2.24, 2.45) is 0 Å². The number of amides is 1. The van der Waals surface area contributed by atoms with E-state index in [1.807, 2.05) is 37.4 Å². The van der Waals surface area contributed by atoms with Crippen LogP contribution in [0.15, 0.2) is 42.5 Å². The van der Waals surface area contributed by atoms with Crippen LogP contribution in [0, 0.1) is 0 Å². The lowest BCUT2D eigenvalue weighted by Crippen LogP contribution is -2.43. The van der Waals surface area contributed by atoms with Gasteiger partial charge in [-0.25, -0.2) is 4.79 Å². The van der Waals surface area contributed by atoms with Gasteiger partial charge in [-0.3, -0.25) is 4.79 Å². The Hall–Kier alpha value is -2.77. The Labute approximate surface area is 187 Å². The molecule has 0 bridgehead atoms. The van der Waals surface area contributed by atoms with Crippen LogP contribution in [0.4, 0.5) is 0 Å². The first kappa shape index (κ1) is 24.5. The van der Waals surface area contributed by atoms with Crippen LogP contribution >= 0.6 is 11.6 Å². The van der Waals surface area contributed by atoms with Gasteiger partial charge in [-0.2, -0.15) is 0 Å². The molecule has 1 amide bonds. The number of hydrogen-bond acceptors (Lipinski definition) is 6. The number of carbonyl (C=O) groups is 2. The Morgan fingerprint density at radius 3 is 2.55 bits per heavy atom. The van der Waals surface area contributed by atoms with E-state index in [-0.39, 0.29) is 23.6 Å². The minimum Gasteiger partial charge on any atom is -0.505 e. The molecule has 0 unspecified atom stereocenters. The Kier molecular flexibility index (Phi) is 10.1. The highest BCUT2D eigenvalue weighted by atomic mass is 35.5. The number of carbonyl (C=O) groups excluding carboxylic acids is 2. The molecule has 7 nitrogen and oxygen atoms in total. The Bertz CT molecular complexity index is 861. The second-order valence-corrected chi connectivity index (χ2v) is 7.28. The average molecular weight is 449 g/mol. The standard InChI is InChI=1S/C23H29ClN2O5/c1-3-30-23(29)18(15-16-9-5-4-6-10-16)26-22(28)17-11-12-19(20(24)21(17)27)31-14-8-7-13-25-2/h4-6,9-12,18,25,27H,3,7-8,13-15H2,1-2H3,(H,26,28)/t18-/m1/s1. The summed E-state index contributed by atoms with van der Waals surface area (Å²) in [5, 5.41) is 16.1. The number of unbranched alkanes of at least 4 members (excludes halogenated alkanes) is 1. The Morgan fingerprint density at radius 2 is 1.87 bits per heavy atom. The lowest BCUT2D eigenvalue weighted by molar-refractivity contribution is -0.145. The fraction of sp³-hybridized carbons (Fsp3) is 0.391. The van der Waals surface area contributed by atoms with Gasteiger partial charge in [-0.1, -0.05) is 41.9 Å². The summed E-state index contributed by atoms with van der Waals surface area (Å²) in [6, 6.07) is 11.3. The summed E-state index contributed by atoms with van der Waals surface area (Å²) in [6.45, 7) is 3.21. The molecule has 0 aromatic heterocycles. The number of ether oxygens (including phenoxy) is 2. The molecule has 0 saturated carbocycles.